The minimum atomic E-state index is -0.431. The zero-order valence-electron chi connectivity index (χ0n) is 13.7. The second kappa shape index (κ2) is 7.33. The molecular weight excluding hydrogens is 383 g/mol. The second-order valence-corrected chi connectivity index (χ2v) is 7.39. The van der Waals surface area contributed by atoms with Crippen molar-refractivity contribution in [3.63, 3.8) is 0 Å². The molecule has 0 amide bonds. The molecule has 0 saturated carbocycles. The number of fused-ring (bicyclic) bond motifs is 1. The molecule has 25 heavy (non-hydrogen) atoms. The number of nitrogens with zero attached hydrogens (tertiary/aromatic N) is 1. The van der Waals surface area contributed by atoms with Crippen molar-refractivity contribution in [2.75, 3.05) is 13.7 Å². The first-order valence-corrected chi connectivity index (χ1v) is 9.28. The lowest BCUT2D eigenvalue weighted by Gasteiger charge is -2.07. The molecule has 0 spiro atoms. The fourth-order valence-corrected chi connectivity index (χ4v) is 4.19. The van der Waals surface area contributed by atoms with Gasteiger partial charge in [-0.05, 0) is 24.1 Å². The van der Waals surface area contributed by atoms with Crippen LogP contribution in [0.5, 0.6) is 0 Å². The lowest BCUT2D eigenvalue weighted by molar-refractivity contribution is 0.185. The van der Waals surface area contributed by atoms with E-state index in [2.05, 4.69) is 4.98 Å². The average molecular weight is 399 g/mol. The van der Waals surface area contributed by atoms with Crippen LogP contribution < -0.4 is 11.2 Å². The maximum absolute atomic E-state index is 13.0. The molecule has 3 rings (SSSR count). The van der Waals surface area contributed by atoms with Gasteiger partial charge in [0.15, 0.2) is 0 Å². The number of nitrogens with one attached hydrogen (secondary N) is 1. The van der Waals surface area contributed by atoms with Gasteiger partial charge < -0.3 is 4.74 Å². The molecule has 0 saturated heterocycles. The number of aromatic nitrogens is 2. The van der Waals surface area contributed by atoms with Crippen LogP contribution in [0.1, 0.15) is 11.8 Å². The predicted octanol–water partition coefficient (Wildman–Crippen LogP) is 3.93. The van der Waals surface area contributed by atoms with E-state index in [9.17, 15) is 9.59 Å². The van der Waals surface area contributed by atoms with E-state index in [4.69, 9.17) is 27.9 Å². The van der Waals surface area contributed by atoms with Crippen molar-refractivity contribution >= 4 is 44.8 Å². The van der Waals surface area contributed by atoms with E-state index in [1.54, 1.807) is 12.1 Å². The fraction of sp³-hybridized carbons (Fsp3) is 0.294. The molecule has 132 valence electrons. The van der Waals surface area contributed by atoms with E-state index in [0.717, 1.165) is 22.4 Å². The fourth-order valence-electron chi connectivity index (χ4n) is 2.75. The standard InChI is InChI=1S/C17H16Cl2N2O3S/c1-3-12-13(9-4-5-10(18)11(19)8-9)14-15(25-12)20-17(23)21(16(14)22)6-7-24-2/h4-5,8H,3,6-7H2,1-2H3,(H,20,23). The number of aromatic amines is 1. The minimum Gasteiger partial charge on any atom is -0.383 e. The number of hydrogen-bond acceptors (Lipinski definition) is 4. The van der Waals surface area contributed by atoms with Crippen molar-refractivity contribution < 1.29 is 4.74 Å². The highest BCUT2D eigenvalue weighted by molar-refractivity contribution is 7.19. The van der Waals surface area contributed by atoms with Gasteiger partial charge in [0, 0.05) is 17.6 Å². The molecule has 1 aromatic carbocycles. The first-order valence-electron chi connectivity index (χ1n) is 7.70. The number of methoxy groups -OCH3 is 1. The third-order valence-electron chi connectivity index (χ3n) is 3.95. The molecule has 0 atom stereocenters. The molecule has 3 aromatic rings. The highest BCUT2D eigenvalue weighted by atomic mass is 35.5. The molecule has 0 fully saturated rings. The highest BCUT2D eigenvalue weighted by Gasteiger charge is 2.19. The summed E-state index contributed by atoms with van der Waals surface area (Å²) in [6, 6.07) is 5.28. The lowest BCUT2D eigenvalue weighted by atomic mass is 10.0. The Hall–Kier alpha value is -1.60. The van der Waals surface area contributed by atoms with Gasteiger partial charge in [-0.15, -0.1) is 11.3 Å². The molecule has 2 heterocycles. The molecule has 0 unspecified atom stereocenters. The summed E-state index contributed by atoms with van der Waals surface area (Å²) in [5.74, 6) is 0. The van der Waals surface area contributed by atoms with Crippen LogP contribution >= 0.6 is 34.5 Å². The largest absolute Gasteiger partial charge is 0.383 e. The van der Waals surface area contributed by atoms with E-state index in [1.165, 1.54) is 23.0 Å². The van der Waals surface area contributed by atoms with Crippen molar-refractivity contribution in [2.45, 2.75) is 19.9 Å². The van der Waals surface area contributed by atoms with Crippen molar-refractivity contribution in [3.8, 4) is 11.1 Å². The summed E-state index contributed by atoms with van der Waals surface area (Å²) in [4.78, 5) is 29.6. The van der Waals surface area contributed by atoms with E-state index >= 15 is 0 Å². The van der Waals surface area contributed by atoms with Crippen LogP contribution in [0.25, 0.3) is 21.3 Å². The third kappa shape index (κ3) is 3.27. The molecule has 0 aliphatic rings. The summed E-state index contributed by atoms with van der Waals surface area (Å²) in [5, 5.41) is 1.37. The molecule has 0 radical (unpaired) electrons. The summed E-state index contributed by atoms with van der Waals surface area (Å²) in [6.45, 7) is 2.48. The first kappa shape index (κ1) is 18.2. The first-order chi connectivity index (χ1) is 12.0. The normalized spacial score (nSPS) is 11.4. The van der Waals surface area contributed by atoms with E-state index in [1.807, 2.05) is 13.0 Å². The van der Waals surface area contributed by atoms with Gasteiger partial charge in [0.2, 0.25) is 0 Å². The summed E-state index contributed by atoms with van der Waals surface area (Å²) in [5.41, 5.74) is 0.848. The zero-order valence-corrected chi connectivity index (χ0v) is 16.0. The van der Waals surface area contributed by atoms with Crippen molar-refractivity contribution in [3.05, 3.63) is 54.0 Å². The van der Waals surface area contributed by atoms with Gasteiger partial charge in [0.1, 0.15) is 4.83 Å². The number of thiophene rings is 1. The highest BCUT2D eigenvalue weighted by Crippen LogP contribution is 2.38. The van der Waals surface area contributed by atoms with Crippen LogP contribution in [0.2, 0.25) is 10.0 Å². The van der Waals surface area contributed by atoms with Crippen molar-refractivity contribution in [1.29, 1.82) is 0 Å². The van der Waals surface area contributed by atoms with Gasteiger partial charge in [0.05, 0.1) is 28.6 Å². The van der Waals surface area contributed by atoms with Crippen LogP contribution in [0.15, 0.2) is 27.8 Å². The SMILES string of the molecule is CCc1sc2[nH]c(=O)n(CCOC)c(=O)c2c1-c1ccc(Cl)c(Cl)c1. The topological polar surface area (TPSA) is 64.1 Å². The van der Waals surface area contributed by atoms with Gasteiger partial charge >= 0.3 is 5.69 Å². The molecule has 5 nitrogen and oxygen atoms in total. The number of halogens is 2. The molecule has 0 aliphatic carbocycles. The number of H-pyrrole nitrogens is 1. The van der Waals surface area contributed by atoms with E-state index in [0.29, 0.717) is 20.3 Å². The molecular formula is C17H16Cl2N2O3S. The van der Waals surface area contributed by atoms with Gasteiger partial charge in [-0.1, -0.05) is 36.2 Å². The molecule has 1 N–H and O–H groups in total. The second-order valence-electron chi connectivity index (χ2n) is 5.47. The lowest BCUT2D eigenvalue weighted by Crippen LogP contribution is -2.35. The monoisotopic (exact) mass is 398 g/mol. The maximum Gasteiger partial charge on any atom is 0.329 e. The van der Waals surface area contributed by atoms with E-state index in [-0.39, 0.29) is 18.7 Å². The van der Waals surface area contributed by atoms with Gasteiger partial charge in [-0.25, -0.2) is 4.79 Å². The quantitative estimate of drug-likeness (QED) is 0.707. The maximum atomic E-state index is 13.0. The van der Waals surface area contributed by atoms with E-state index < -0.39 is 5.69 Å². The number of benzene rings is 1. The summed E-state index contributed by atoms with van der Waals surface area (Å²) >= 11 is 13.6. The van der Waals surface area contributed by atoms with Crippen molar-refractivity contribution in [2.24, 2.45) is 0 Å². The van der Waals surface area contributed by atoms with Crippen LogP contribution in [-0.2, 0) is 17.7 Å². The molecule has 2 aromatic heterocycles. The number of hydrogen-bond donors (Lipinski definition) is 1. The Morgan fingerprint density at radius 1 is 1.24 bits per heavy atom. The number of aryl methyl sites for hydroxylation is 1. The molecule has 8 heteroatoms. The summed E-state index contributed by atoms with van der Waals surface area (Å²) in [6.07, 6.45) is 0.731. The Kier molecular flexibility index (Phi) is 5.34. The summed E-state index contributed by atoms with van der Waals surface area (Å²) in [7, 11) is 1.53. The Morgan fingerprint density at radius 2 is 2.00 bits per heavy atom. The average Bonchev–Trinajstić information content (AvgIpc) is 2.95. The molecule has 0 bridgehead atoms. The predicted molar refractivity (Wildman–Crippen MR) is 103 cm³/mol. The Balaban J connectivity index is 2.35. The smallest absolute Gasteiger partial charge is 0.329 e. The number of ether oxygens (including phenoxy) is 1. The van der Waals surface area contributed by atoms with Gasteiger partial charge in [-0.2, -0.15) is 0 Å². The van der Waals surface area contributed by atoms with Crippen LogP contribution in [0.3, 0.4) is 0 Å². The Bertz CT molecular complexity index is 1050. The van der Waals surface area contributed by atoms with Gasteiger partial charge in [-0.3, -0.25) is 14.3 Å². The zero-order chi connectivity index (χ0) is 18.1. The Morgan fingerprint density at radius 3 is 2.64 bits per heavy atom. The number of rotatable bonds is 5. The van der Waals surface area contributed by atoms with Crippen LogP contribution in [0.4, 0.5) is 0 Å². The third-order valence-corrected chi connectivity index (χ3v) is 5.94. The minimum absolute atomic E-state index is 0.193. The Labute approximate surface area is 157 Å². The van der Waals surface area contributed by atoms with Gasteiger partial charge in [0.25, 0.3) is 5.56 Å². The molecule has 0 aliphatic heterocycles. The van der Waals surface area contributed by atoms with Crippen LogP contribution in [-0.4, -0.2) is 23.3 Å². The van der Waals surface area contributed by atoms with Crippen LogP contribution in [0, 0.1) is 0 Å². The van der Waals surface area contributed by atoms with Crippen molar-refractivity contribution in [1.82, 2.24) is 9.55 Å². The summed E-state index contributed by atoms with van der Waals surface area (Å²) < 4.78 is 6.16.